The van der Waals surface area contributed by atoms with Crippen LogP contribution in [0.4, 0.5) is 11.4 Å². The summed E-state index contributed by atoms with van der Waals surface area (Å²) in [7, 11) is 0. The van der Waals surface area contributed by atoms with Crippen molar-refractivity contribution >= 4 is 35.0 Å². The van der Waals surface area contributed by atoms with Crippen molar-refractivity contribution in [2.45, 2.75) is 6.92 Å². The van der Waals surface area contributed by atoms with Crippen LogP contribution in [0.25, 0.3) is 6.08 Å². The van der Waals surface area contributed by atoms with Crippen LogP contribution < -0.4 is 10.1 Å². The molecule has 0 aliphatic rings. The summed E-state index contributed by atoms with van der Waals surface area (Å²) in [5, 5.41) is 13.6. The Bertz CT molecular complexity index is 773. The van der Waals surface area contributed by atoms with Gasteiger partial charge in [0.25, 0.3) is 5.69 Å². The quantitative estimate of drug-likeness (QED) is 0.480. The molecular formula is C17H15ClN2O4. The van der Waals surface area contributed by atoms with Crippen LogP contribution in [0.1, 0.15) is 12.5 Å². The van der Waals surface area contributed by atoms with Crippen LogP contribution in [0.2, 0.25) is 5.02 Å². The van der Waals surface area contributed by atoms with Gasteiger partial charge >= 0.3 is 0 Å². The van der Waals surface area contributed by atoms with Crippen LogP contribution in [0.15, 0.2) is 48.5 Å². The predicted octanol–water partition coefficient (Wildman–Crippen LogP) is 4.30. The predicted molar refractivity (Wildman–Crippen MR) is 93.4 cm³/mol. The summed E-state index contributed by atoms with van der Waals surface area (Å²) in [5.41, 5.74) is 0.925. The molecule has 0 unspecified atom stereocenters. The van der Waals surface area contributed by atoms with Gasteiger partial charge in [-0.15, -0.1) is 0 Å². The van der Waals surface area contributed by atoms with E-state index in [0.717, 1.165) is 5.75 Å². The zero-order chi connectivity index (χ0) is 17.5. The van der Waals surface area contributed by atoms with Gasteiger partial charge in [-0.1, -0.05) is 17.7 Å². The van der Waals surface area contributed by atoms with E-state index in [1.807, 2.05) is 6.92 Å². The van der Waals surface area contributed by atoms with Crippen LogP contribution in [0, 0.1) is 10.1 Å². The third-order valence-corrected chi connectivity index (χ3v) is 3.35. The number of rotatable bonds is 6. The van der Waals surface area contributed by atoms with Crippen molar-refractivity contribution in [2.24, 2.45) is 0 Å². The molecule has 1 N–H and O–H groups in total. The van der Waals surface area contributed by atoms with Crippen LogP contribution in [0.3, 0.4) is 0 Å². The maximum atomic E-state index is 11.9. The van der Waals surface area contributed by atoms with Crippen molar-refractivity contribution in [1.29, 1.82) is 0 Å². The number of carbonyl (C=O) groups is 1. The lowest BCUT2D eigenvalue weighted by molar-refractivity contribution is -0.384. The van der Waals surface area contributed by atoms with Gasteiger partial charge in [-0.25, -0.2) is 0 Å². The highest BCUT2D eigenvalue weighted by atomic mass is 35.5. The van der Waals surface area contributed by atoms with Gasteiger partial charge in [0, 0.05) is 17.8 Å². The summed E-state index contributed by atoms with van der Waals surface area (Å²) < 4.78 is 5.32. The Hall–Kier alpha value is -2.86. The molecule has 0 aliphatic carbocycles. The highest BCUT2D eigenvalue weighted by Gasteiger charge is 2.11. The molecule has 0 heterocycles. The van der Waals surface area contributed by atoms with Gasteiger partial charge in [-0.2, -0.15) is 0 Å². The van der Waals surface area contributed by atoms with E-state index in [0.29, 0.717) is 17.9 Å². The summed E-state index contributed by atoms with van der Waals surface area (Å²) in [5.74, 6) is 0.372. The Labute approximate surface area is 143 Å². The molecule has 2 aromatic carbocycles. The third-order valence-electron chi connectivity index (χ3n) is 3.03. The monoisotopic (exact) mass is 346 g/mol. The Kier molecular flexibility index (Phi) is 5.92. The summed E-state index contributed by atoms with van der Waals surface area (Å²) in [6.45, 7) is 2.46. The number of nitrogens with zero attached hydrogens (tertiary/aromatic N) is 1. The van der Waals surface area contributed by atoms with Crippen molar-refractivity contribution < 1.29 is 14.5 Å². The standard InChI is InChI=1S/C17H15ClN2O4/c1-2-24-14-7-5-13(6-8-14)19-17(21)10-4-12-3-9-15(18)16(11-12)20(22)23/h3-11H,2H2,1H3,(H,19,21). The topological polar surface area (TPSA) is 81.5 Å². The zero-order valence-electron chi connectivity index (χ0n) is 12.9. The molecule has 0 bridgehead atoms. The molecule has 1 amide bonds. The maximum absolute atomic E-state index is 11.9. The molecule has 2 rings (SSSR count). The Morgan fingerprint density at radius 2 is 2.00 bits per heavy atom. The van der Waals surface area contributed by atoms with E-state index >= 15 is 0 Å². The molecule has 7 heteroatoms. The molecule has 24 heavy (non-hydrogen) atoms. The molecule has 0 spiro atoms. The number of hydrogen-bond acceptors (Lipinski definition) is 4. The zero-order valence-corrected chi connectivity index (χ0v) is 13.6. The van der Waals surface area contributed by atoms with Crippen molar-refractivity contribution in [1.82, 2.24) is 0 Å². The lowest BCUT2D eigenvalue weighted by Crippen LogP contribution is -2.07. The Morgan fingerprint density at radius 3 is 2.62 bits per heavy atom. The number of amides is 1. The molecule has 0 saturated carbocycles. The molecule has 0 aliphatic heterocycles. The van der Waals surface area contributed by atoms with Crippen molar-refractivity contribution in [3.63, 3.8) is 0 Å². The molecule has 0 atom stereocenters. The largest absolute Gasteiger partial charge is 0.494 e. The highest BCUT2D eigenvalue weighted by molar-refractivity contribution is 6.32. The molecule has 0 fully saturated rings. The van der Waals surface area contributed by atoms with Crippen molar-refractivity contribution in [3.8, 4) is 5.75 Å². The van der Waals surface area contributed by atoms with Crippen LogP contribution in [-0.4, -0.2) is 17.4 Å². The number of nitro benzene ring substituents is 1. The number of nitrogens with one attached hydrogen (secondary N) is 1. The van der Waals surface area contributed by atoms with Gasteiger partial charge in [-0.3, -0.25) is 14.9 Å². The molecule has 0 radical (unpaired) electrons. The summed E-state index contributed by atoms with van der Waals surface area (Å²) in [4.78, 5) is 22.2. The minimum atomic E-state index is -0.570. The minimum absolute atomic E-state index is 0.0518. The van der Waals surface area contributed by atoms with Crippen LogP contribution in [-0.2, 0) is 4.79 Å². The van der Waals surface area contributed by atoms with Gasteiger partial charge in [0.2, 0.25) is 5.91 Å². The lowest BCUT2D eigenvalue weighted by Gasteiger charge is -2.05. The fourth-order valence-corrected chi connectivity index (χ4v) is 2.12. The number of nitro groups is 1. The number of carbonyl (C=O) groups excluding carboxylic acids is 1. The first-order chi connectivity index (χ1) is 11.5. The van der Waals surface area contributed by atoms with Gasteiger partial charge in [0.1, 0.15) is 10.8 Å². The summed E-state index contributed by atoms with van der Waals surface area (Å²) in [6.07, 6.45) is 2.77. The summed E-state index contributed by atoms with van der Waals surface area (Å²) >= 11 is 5.74. The average molecular weight is 347 g/mol. The van der Waals surface area contributed by atoms with E-state index in [4.69, 9.17) is 16.3 Å². The smallest absolute Gasteiger partial charge is 0.288 e. The highest BCUT2D eigenvalue weighted by Crippen LogP contribution is 2.25. The lowest BCUT2D eigenvalue weighted by atomic mass is 10.2. The fourth-order valence-electron chi connectivity index (χ4n) is 1.93. The second-order valence-corrected chi connectivity index (χ2v) is 5.16. The molecular weight excluding hydrogens is 332 g/mol. The number of benzene rings is 2. The third kappa shape index (κ3) is 4.82. The number of halogens is 1. The Balaban J connectivity index is 2.02. The number of anilines is 1. The second-order valence-electron chi connectivity index (χ2n) is 4.75. The van der Waals surface area contributed by atoms with E-state index < -0.39 is 4.92 Å². The van der Waals surface area contributed by atoms with Crippen LogP contribution >= 0.6 is 11.6 Å². The SMILES string of the molecule is CCOc1ccc(NC(=O)C=Cc2ccc(Cl)c([N+](=O)[O-])c2)cc1. The molecule has 124 valence electrons. The minimum Gasteiger partial charge on any atom is -0.494 e. The van der Waals surface area contributed by atoms with E-state index in [1.165, 1.54) is 24.3 Å². The van der Waals surface area contributed by atoms with Gasteiger partial charge < -0.3 is 10.1 Å². The van der Waals surface area contributed by atoms with Gasteiger partial charge in [0.15, 0.2) is 0 Å². The van der Waals surface area contributed by atoms with E-state index in [1.54, 1.807) is 30.3 Å². The average Bonchev–Trinajstić information content (AvgIpc) is 2.56. The maximum Gasteiger partial charge on any atom is 0.288 e. The van der Waals surface area contributed by atoms with E-state index in [9.17, 15) is 14.9 Å². The van der Waals surface area contributed by atoms with E-state index in [-0.39, 0.29) is 16.6 Å². The second kappa shape index (κ2) is 8.12. The van der Waals surface area contributed by atoms with Crippen molar-refractivity contribution in [2.75, 3.05) is 11.9 Å². The first-order valence-electron chi connectivity index (χ1n) is 7.15. The Morgan fingerprint density at radius 1 is 1.29 bits per heavy atom. The van der Waals surface area contributed by atoms with E-state index in [2.05, 4.69) is 5.32 Å². The normalized spacial score (nSPS) is 10.6. The van der Waals surface area contributed by atoms with Crippen molar-refractivity contribution in [3.05, 3.63) is 69.2 Å². The van der Waals surface area contributed by atoms with Gasteiger partial charge in [0.05, 0.1) is 11.5 Å². The first-order valence-corrected chi connectivity index (χ1v) is 7.53. The molecule has 6 nitrogen and oxygen atoms in total. The molecule has 0 saturated heterocycles. The van der Waals surface area contributed by atoms with Crippen LogP contribution in [0.5, 0.6) is 5.75 Å². The molecule has 2 aromatic rings. The number of hydrogen-bond donors (Lipinski definition) is 1. The van der Waals surface area contributed by atoms with Gasteiger partial charge in [-0.05, 0) is 48.9 Å². The summed E-state index contributed by atoms with van der Waals surface area (Å²) in [6, 6.07) is 11.3. The fraction of sp³-hybridized carbons (Fsp3) is 0.118. The first kappa shape index (κ1) is 17.5. The molecule has 0 aromatic heterocycles. The number of ether oxygens (including phenoxy) is 1.